The molecular formula is C19H31N2O5. The second-order valence-electron chi connectivity index (χ2n) is 5.64. The van der Waals surface area contributed by atoms with Crippen molar-refractivity contribution in [1.29, 1.82) is 0 Å². The van der Waals surface area contributed by atoms with Gasteiger partial charge in [0, 0.05) is 18.7 Å². The fourth-order valence-corrected chi connectivity index (χ4v) is 2.26. The van der Waals surface area contributed by atoms with Crippen LogP contribution in [0.4, 0.5) is 0 Å². The Morgan fingerprint density at radius 1 is 0.885 bits per heavy atom. The van der Waals surface area contributed by atoms with Gasteiger partial charge in [-0.15, -0.1) is 0 Å². The third-order valence-corrected chi connectivity index (χ3v) is 3.61. The van der Waals surface area contributed by atoms with E-state index in [-0.39, 0.29) is 0 Å². The van der Waals surface area contributed by atoms with E-state index in [0.717, 1.165) is 24.9 Å². The van der Waals surface area contributed by atoms with Crippen LogP contribution >= 0.6 is 0 Å². The monoisotopic (exact) mass is 367 g/mol. The molecule has 26 heavy (non-hydrogen) atoms. The van der Waals surface area contributed by atoms with E-state index in [1.54, 1.807) is 12.1 Å². The smallest absolute Gasteiger partial charge is 0.269 e. The number of rotatable bonds is 17. The zero-order valence-electron chi connectivity index (χ0n) is 15.6. The summed E-state index contributed by atoms with van der Waals surface area (Å²) in [5.41, 5.74) is 8.62. The fraction of sp³-hybridized carbons (Fsp3) is 0.632. The minimum absolute atomic E-state index is 0.475. The summed E-state index contributed by atoms with van der Waals surface area (Å²) in [7, 11) is 1.89. The van der Waals surface area contributed by atoms with Gasteiger partial charge >= 0.3 is 0 Å². The minimum Gasteiger partial charge on any atom is -0.379 e. The first-order valence-corrected chi connectivity index (χ1v) is 9.05. The van der Waals surface area contributed by atoms with E-state index in [1.807, 2.05) is 19.2 Å². The summed E-state index contributed by atoms with van der Waals surface area (Å²) in [6, 6.07) is 7.24. The zero-order chi connectivity index (χ0) is 18.9. The Labute approximate surface area is 156 Å². The Morgan fingerprint density at radius 3 is 2.00 bits per heavy atom. The van der Waals surface area contributed by atoms with Gasteiger partial charge in [-0.3, -0.25) is 10.5 Å². The Hall–Kier alpha value is -1.51. The fourth-order valence-electron chi connectivity index (χ4n) is 2.26. The lowest BCUT2D eigenvalue weighted by atomic mass is 10.0. The van der Waals surface area contributed by atoms with Gasteiger partial charge in [-0.05, 0) is 31.5 Å². The molecule has 0 unspecified atom stereocenters. The number of nitrogens with one attached hydrogen (secondary N) is 2. The molecule has 0 aliphatic heterocycles. The molecule has 1 radical (unpaired) electrons. The Morgan fingerprint density at radius 2 is 1.42 bits per heavy atom. The molecule has 7 nitrogen and oxygen atoms in total. The molecule has 0 saturated heterocycles. The van der Waals surface area contributed by atoms with E-state index in [4.69, 9.17) is 24.7 Å². The van der Waals surface area contributed by atoms with Crippen LogP contribution in [0.25, 0.3) is 0 Å². The molecule has 2 N–H and O–H groups in total. The van der Waals surface area contributed by atoms with Gasteiger partial charge in [0.05, 0.1) is 46.2 Å². The predicted octanol–water partition coefficient (Wildman–Crippen LogP) is 1.33. The Kier molecular flexibility index (Phi) is 13.6. The SMILES string of the molecule is CNCCOCCOCCOCCOCCCc1ccccc1C([NH])=O. The second kappa shape index (κ2) is 15.7. The minimum atomic E-state index is -0.637. The van der Waals surface area contributed by atoms with Crippen LogP contribution in [0.15, 0.2) is 24.3 Å². The first-order valence-electron chi connectivity index (χ1n) is 9.05. The van der Waals surface area contributed by atoms with E-state index in [9.17, 15) is 4.79 Å². The first-order chi connectivity index (χ1) is 12.8. The first kappa shape index (κ1) is 22.5. The number of amides is 1. The van der Waals surface area contributed by atoms with E-state index in [0.29, 0.717) is 58.4 Å². The second-order valence-corrected chi connectivity index (χ2v) is 5.64. The lowest BCUT2D eigenvalue weighted by Gasteiger charge is -2.08. The van der Waals surface area contributed by atoms with Gasteiger partial charge in [0.1, 0.15) is 0 Å². The summed E-state index contributed by atoms with van der Waals surface area (Å²) in [4.78, 5) is 11.2. The average Bonchev–Trinajstić information content (AvgIpc) is 2.65. The Balaban J connectivity index is 1.88. The summed E-state index contributed by atoms with van der Waals surface area (Å²) < 4.78 is 21.7. The van der Waals surface area contributed by atoms with Gasteiger partial charge in [-0.25, -0.2) is 0 Å². The van der Waals surface area contributed by atoms with E-state index in [2.05, 4.69) is 5.32 Å². The van der Waals surface area contributed by atoms with Crippen LogP contribution in [-0.4, -0.2) is 72.4 Å². The molecule has 0 aliphatic rings. The number of carbonyl (C=O) groups excluding carboxylic acids is 1. The number of carbonyl (C=O) groups is 1. The average molecular weight is 367 g/mol. The molecule has 1 aromatic rings. The third-order valence-electron chi connectivity index (χ3n) is 3.61. The molecule has 0 fully saturated rings. The predicted molar refractivity (Wildman–Crippen MR) is 99.4 cm³/mol. The maximum absolute atomic E-state index is 11.2. The maximum atomic E-state index is 11.2. The normalized spacial score (nSPS) is 11.0. The number of ether oxygens (including phenoxy) is 4. The summed E-state index contributed by atoms with van der Waals surface area (Å²) in [6.45, 7) is 5.47. The number of benzene rings is 1. The van der Waals surface area contributed by atoms with Crippen molar-refractivity contribution in [2.24, 2.45) is 0 Å². The van der Waals surface area contributed by atoms with Crippen LogP contribution in [0, 0.1) is 0 Å². The van der Waals surface area contributed by atoms with Crippen molar-refractivity contribution < 1.29 is 23.7 Å². The molecule has 0 bridgehead atoms. The number of aryl methyl sites for hydroxylation is 1. The molecule has 1 amide bonds. The van der Waals surface area contributed by atoms with Gasteiger partial charge in [-0.1, -0.05) is 18.2 Å². The van der Waals surface area contributed by atoms with Crippen molar-refractivity contribution in [2.45, 2.75) is 12.8 Å². The molecule has 0 heterocycles. The van der Waals surface area contributed by atoms with E-state index in [1.165, 1.54) is 0 Å². The van der Waals surface area contributed by atoms with Gasteiger partial charge in [0.25, 0.3) is 5.91 Å². The largest absolute Gasteiger partial charge is 0.379 e. The van der Waals surface area contributed by atoms with Crippen molar-refractivity contribution in [1.82, 2.24) is 11.1 Å². The third kappa shape index (κ3) is 11.2. The van der Waals surface area contributed by atoms with E-state index < -0.39 is 5.91 Å². The standard InChI is InChI=1S/C19H31N2O5/c1-21-8-10-24-12-14-26-16-15-25-13-11-23-9-4-6-17-5-2-3-7-18(17)19(20)22/h2-3,5,7,20-21H,4,6,8-16H2,1H3. The van der Waals surface area contributed by atoms with Crippen molar-refractivity contribution in [3.63, 3.8) is 0 Å². The zero-order valence-corrected chi connectivity index (χ0v) is 15.6. The van der Waals surface area contributed by atoms with Crippen LogP contribution < -0.4 is 11.1 Å². The van der Waals surface area contributed by atoms with Gasteiger partial charge in [-0.2, -0.15) is 0 Å². The molecule has 0 saturated carbocycles. The van der Waals surface area contributed by atoms with Crippen LogP contribution in [0.2, 0.25) is 0 Å². The number of hydrogen-bond donors (Lipinski definition) is 1. The van der Waals surface area contributed by atoms with Crippen LogP contribution in [0.1, 0.15) is 22.3 Å². The van der Waals surface area contributed by atoms with E-state index >= 15 is 0 Å². The number of likely N-dealkylation sites (N-methyl/N-ethyl adjacent to an activating group) is 1. The molecule has 147 valence electrons. The lowest BCUT2D eigenvalue weighted by Crippen LogP contribution is -2.17. The summed E-state index contributed by atoms with van der Waals surface area (Å²) in [5.74, 6) is -0.637. The number of hydrogen-bond acceptors (Lipinski definition) is 6. The molecule has 7 heteroatoms. The van der Waals surface area contributed by atoms with Gasteiger partial charge < -0.3 is 24.3 Å². The molecule has 1 aromatic carbocycles. The van der Waals surface area contributed by atoms with Crippen LogP contribution in [-0.2, 0) is 25.4 Å². The molecule has 0 aromatic heterocycles. The lowest BCUT2D eigenvalue weighted by molar-refractivity contribution is -0.00153. The van der Waals surface area contributed by atoms with Gasteiger partial charge in [0.15, 0.2) is 0 Å². The highest BCUT2D eigenvalue weighted by Gasteiger charge is 2.07. The molecule has 0 aliphatic carbocycles. The molecule has 0 spiro atoms. The highest BCUT2D eigenvalue weighted by atomic mass is 16.6. The van der Waals surface area contributed by atoms with Crippen molar-refractivity contribution >= 4 is 5.91 Å². The molecule has 0 atom stereocenters. The van der Waals surface area contributed by atoms with Crippen molar-refractivity contribution in [3.8, 4) is 0 Å². The topological polar surface area (TPSA) is 89.8 Å². The van der Waals surface area contributed by atoms with Gasteiger partial charge in [0.2, 0.25) is 0 Å². The van der Waals surface area contributed by atoms with Crippen molar-refractivity contribution in [2.75, 3.05) is 66.4 Å². The quantitative estimate of drug-likeness (QED) is 0.418. The van der Waals surface area contributed by atoms with Crippen molar-refractivity contribution in [3.05, 3.63) is 35.4 Å². The maximum Gasteiger partial charge on any atom is 0.269 e. The molecular weight excluding hydrogens is 336 g/mol. The molecule has 1 rings (SSSR count). The van der Waals surface area contributed by atoms with Crippen LogP contribution in [0.3, 0.4) is 0 Å². The highest BCUT2D eigenvalue weighted by molar-refractivity contribution is 5.93. The summed E-state index contributed by atoms with van der Waals surface area (Å²) >= 11 is 0. The highest BCUT2D eigenvalue weighted by Crippen LogP contribution is 2.10. The van der Waals surface area contributed by atoms with Crippen LogP contribution in [0.5, 0.6) is 0 Å². The summed E-state index contributed by atoms with van der Waals surface area (Å²) in [5, 5.41) is 3.01. The summed E-state index contributed by atoms with van der Waals surface area (Å²) in [6.07, 6.45) is 1.53. The Bertz CT molecular complexity index is 485.